The predicted molar refractivity (Wildman–Crippen MR) is 64.4 cm³/mol. The molecule has 0 aliphatic heterocycles. The van der Waals surface area contributed by atoms with Gasteiger partial charge in [0.2, 0.25) is 10.0 Å². The molecule has 0 aromatic heterocycles. The molecule has 0 aliphatic rings. The van der Waals surface area contributed by atoms with Crippen LogP contribution in [0.15, 0.2) is 23.1 Å². The molecule has 17 heavy (non-hydrogen) atoms. The van der Waals surface area contributed by atoms with Gasteiger partial charge in [-0.15, -0.1) is 12.4 Å². The standard InChI is InChI=1S/C9H13FN2O3S.ClH/c1-12-4-5-15-9-3-2-7(6-8(9)10)16(11,13)14;/h2-3,6,12H,4-5H2,1H3,(H2,11,13,14);1H. The average molecular weight is 285 g/mol. The maximum atomic E-state index is 13.3. The van der Waals surface area contributed by atoms with E-state index in [1.807, 2.05) is 0 Å². The molecule has 0 radical (unpaired) electrons. The zero-order valence-electron chi connectivity index (χ0n) is 9.14. The van der Waals surface area contributed by atoms with Crippen molar-refractivity contribution in [2.75, 3.05) is 20.2 Å². The highest BCUT2D eigenvalue weighted by atomic mass is 35.5. The first-order valence-corrected chi connectivity index (χ1v) is 6.09. The van der Waals surface area contributed by atoms with Gasteiger partial charge in [-0.1, -0.05) is 0 Å². The highest BCUT2D eigenvalue weighted by molar-refractivity contribution is 7.89. The minimum absolute atomic E-state index is 0. The van der Waals surface area contributed by atoms with E-state index in [4.69, 9.17) is 9.88 Å². The van der Waals surface area contributed by atoms with Crippen LogP contribution in [0.2, 0.25) is 0 Å². The Morgan fingerprint density at radius 2 is 2.12 bits per heavy atom. The summed E-state index contributed by atoms with van der Waals surface area (Å²) in [6.07, 6.45) is 0. The van der Waals surface area contributed by atoms with Crippen LogP contribution in [0.5, 0.6) is 5.75 Å². The smallest absolute Gasteiger partial charge is 0.238 e. The largest absolute Gasteiger partial charge is 0.489 e. The lowest BCUT2D eigenvalue weighted by molar-refractivity contribution is 0.302. The van der Waals surface area contributed by atoms with Gasteiger partial charge < -0.3 is 10.1 Å². The first-order valence-electron chi connectivity index (χ1n) is 4.55. The molecule has 0 aliphatic carbocycles. The summed E-state index contributed by atoms with van der Waals surface area (Å²) in [4.78, 5) is -0.272. The van der Waals surface area contributed by atoms with Crippen molar-refractivity contribution in [2.24, 2.45) is 5.14 Å². The Balaban J connectivity index is 0.00000256. The van der Waals surface area contributed by atoms with E-state index in [1.165, 1.54) is 12.1 Å². The van der Waals surface area contributed by atoms with E-state index in [-0.39, 0.29) is 23.1 Å². The van der Waals surface area contributed by atoms with Crippen molar-refractivity contribution in [1.82, 2.24) is 5.32 Å². The van der Waals surface area contributed by atoms with Crippen molar-refractivity contribution < 1.29 is 17.5 Å². The highest BCUT2D eigenvalue weighted by Crippen LogP contribution is 2.20. The third kappa shape index (κ3) is 4.86. The molecule has 5 nitrogen and oxygen atoms in total. The second-order valence-electron chi connectivity index (χ2n) is 3.09. The molecule has 0 fully saturated rings. The van der Waals surface area contributed by atoms with Gasteiger partial charge in [0, 0.05) is 6.54 Å². The summed E-state index contributed by atoms with van der Waals surface area (Å²) >= 11 is 0. The van der Waals surface area contributed by atoms with Gasteiger partial charge in [-0.05, 0) is 25.2 Å². The molecule has 0 atom stereocenters. The predicted octanol–water partition coefficient (Wildman–Crippen LogP) is 0.493. The lowest BCUT2D eigenvalue weighted by Gasteiger charge is -2.07. The second-order valence-corrected chi connectivity index (χ2v) is 4.65. The van der Waals surface area contributed by atoms with Crippen LogP contribution in [0.1, 0.15) is 0 Å². The van der Waals surface area contributed by atoms with Crippen molar-refractivity contribution in [3.05, 3.63) is 24.0 Å². The molecule has 0 bridgehead atoms. The SMILES string of the molecule is CNCCOc1ccc(S(N)(=O)=O)cc1F.Cl. The highest BCUT2D eigenvalue weighted by Gasteiger charge is 2.11. The van der Waals surface area contributed by atoms with Crippen molar-refractivity contribution in [3.8, 4) is 5.75 Å². The molecule has 8 heteroatoms. The number of ether oxygens (including phenoxy) is 1. The number of primary sulfonamides is 1. The van der Waals surface area contributed by atoms with E-state index in [9.17, 15) is 12.8 Å². The number of nitrogens with two attached hydrogens (primary N) is 1. The van der Waals surface area contributed by atoms with Gasteiger partial charge in [-0.25, -0.2) is 17.9 Å². The minimum Gasteiger partial charge on any atom is -0.489 e. The first-order chi connectivity index (χ1) is 7.45. The second kappa shape index (κ2) is 6.75. The number of hydrogen-bond donors (Lipinski definition) is 2. The van der Waals surface area contributed by atoms with Crippen LogP contribution in [0.25, 0.3) is 0 Å². The van der Waals surface area contributed by atoms with Crippen LogP contribution in [0.3, 0.4) is 0 Å². The summed E-state index contributed by atoms with van der Waals surface area (Å²) in [5.41, 5.74) is 0. The average Bonchev–Trinajstić information content (AvgIpc) is 2.19. The monoisotopic (exact) mass is 284 g/mol. The summed E-state index contributed by atoms with van der Waals surface area (Å²) in [7, 11) is -2.14. The Kier molecular flexibility index (Phi) is 6.40. The van der Waals surface area contributed by atoms with Gasteiger partial charge in [0.25, 0.3) is 0 Å². The fourth-order valence-electron chi connectivity index (χ4n) is 1.04. The van der Waals surface area contributed by atoms with Crippen molar-refractivity contribution >= 4 is 22.4 Å². The summed E-state index contributed by atoms with van der Waals surface area (Å²) in [6, 6.07) is 3.28. The normalized spacial score (nSPS) is 10.8. The van der Waals surface area contributed by atoms with Crippen LogP contribution in [0, 0.1) is 5.82 Å². The fraction of sp³-hybridized carbons (Fsp3) is 0.333. The third-order valence-electron chi connectivity index (χ3n) is 1.84. The molecular weight excluding hydrogens is 271 g/mol. The van der Waals surface area contributed by atoms with E-state index in [2.05, 4.69) is 5.32 Å². The number of benzene rings is 1. The molecular formula is C9H14ClFN2O3S. The molecule has 0 spiro atoms. The number of halogens is 2. The molecule has 0 saturated carbocycles. The van der Waals surface area contributed by atoms with Gasteiger partial charge in [-0.2, -0.15) is 0 Å². The Morgan fingerprint density at radius 3 is 2.59 bits per heavy atom. The van der Waals surface area contributed by atoms with Gasteiger partial charge in [0.15, 0.2) is 11.6 Å². The molecule has 0 heterocycles. The quantitative estimate of drug-likeness (QED) is 0.771. The maximum absolute atomic E-state index is 13.3. The topological polar surface area (TPSA) is 81.4 Å². The third-order valence-corrected chi connectivity index (χ3v) is 2.75. The van der Waals surface area contributed by atoms with Crippen molar-refractivity contribution in [2.45, 2.75) is 4.90 Å². The summed E-state index contributed by atoms with van der Waals surface area (Å²) in [6.45, 7) is 0.860. The number of hydrogen-bond acceptors (Lipinski definition) is 4. The summed E-state index contributed by atoms with van der Waals surface area (Å²) in [5, 5.41) is 7.68. The first kappa shape index (κ1) is 16.1. The summed E-state index contributed by atoms with van der Waals surface area (Å²) in [5.74, 6) is -0.745. The van der Waals surface area contributed by atoms with E-state index >= 15 is 0 Å². The van der Waals surface area contributed by atoms with Gasteiger partial charge in [0.05, 0.1) is 4.90 Å². The van der Waals surface area contributed by atoms with Crippen molar-refractivity contribution in [3.63, 3.8) is 0 Å². The zero-order valence-corrected chi connectivity index (χ0v) is 10.8. The number of nitrogens with one attached hydrogen (secondary N) is 1. The Bertz CT molecular complexity index is 467. The van der Waals surface area contributed by atoms with Crippen LogP contribution in [0.4, 0.5) is 4.39 Å². The van der Waals surface area contributed by atoms with E-state index in [1.54, 1.807) is 7.05 Å². The lowest BCUT2D eigenvalue weighted by Crippen LogP contribution is -2.16. The molecule has 98 valence electrons. The number of rotatable bonds is 5. The van der Waals surface area contributed by atoms with Crippen LogP contribution in [-0.4, -0.2) is 28.6 Å². The van der Waals surface area contributed by atoms with E-state index in [0.29, 0.717) is 13.2 Å². The zero-order chi connectivity index (χ0) is 12.2. The molecule has 0 amide bonds. The number of sulfonamides is 1. The molecule has 0 unspecified atom stereocenters. The molecule has 1 aromatic rings. The Hall–Kier alpha value is -0.890. The fourth-order valence-corrected chi connectivity index (χ4v) is 1.56. The van der Waals surface area contributed by atoms with E-state index < -0.39 is 15.8 Å². The molecule has 0 saturated heterocycles. The van der Waals surface area contributed by atoms with Gasteiger partial charge in [0.1, 0.15) is 6.61 Å². The Morgan fingerprint density at radius 1 is 1.47 bits per heavy atom. The van der Waals surface area contributed by atoms with Gasteiger partial charge >= 0.3 is 0 Å². The molecule has 3 N–H and O–H groups in total. The Labute approximate surface area is 106 Å². The van der Waals surface area contributed by atoms with E-state index in [0.717, 1.165) is 6.07 Å². The lowest BCUT2D eigenvalue weighted by atomic mass is 10.3. The van der Waals surface area contributed by atoms with Crippen LogP contribution in [-0.2, 0) is 10.0 Å². The summed E-state index contributed by atoms with van der Waals surface area (Å²) < 4.78 is 40.2. The minimum atomic E-state index is -3.88. The number of likely N-dealkylation sites (N-methyl/N-ethyl adjacent to an activating group) is 1. The van der Waals surface area contributed by atoms with Crippen LogP contribution >= 0.6 is 12.4 Å². The maximum Gasteiger partial charge on any atom is 0.238 e. The molecule has 1 rings (SSSR count). The van der Waals surface area contributed by atoms with Crippen LogP contribution < -0.4 is 15.2 Å². The van der Waals surface area contributed by atoms with Gasteiger partial charge in [-0.3, -0.25) is 0 Å². The molecule has 1 aromatic carbocycles. The van der Waals surface area contributed by atoms with Crippen molar-refractivity contribution in [1.29, 1.82) is 0 Å².